The van der Waals surface area contributed by atoms with Gasteiger partial charge in [0.25, 0.3) is 0 Å². The molecule has 0 aliphatic rings. The molecule has 98 valence electrons. The van der Waals surface area contributed by atoms with E-state index in [1.807, 2.05) is 25.9 Å². The summed E-state index contributed by atoms with van der Waals surface area (Å²) >= 11 is 1.07. The molecule has 0 amide bonds. The fourth-order valence-corrected chi connectivity index (χ4v) is 3.73. The monoisotopic (exact) mass is 278 g/mol. The zero-order valence-corrected chi connectivity index (χ0v) is 12.0. The smallest absolute Gasteiger partial charge is 0.182 e. The van der Waals surface area contributed by atoms with Gasteiger partial charge in [-0.25, -0.2) is 8.42 Å². The van der Waals surface area contributed by atoms with E-state index in [4.69, 9.17) is 5.73 Å². The van der Waals surface area contributed by atoms with Crippen molar-refractivity contribution in [3.05, 3.63) is 0 Å². The van der Waals surface area contributed by atoms with E-state index in [0.29, 0.717) is 5.00 Å². The van der Waals surface area contributed by atoms with Gasteiger partial charge in [0, 0.05) is 18.8 Å². The summed E-state index contributed by atoms with van der Waals surface area (Å²) in [5.41, 5.74) is 5.57. The summed E-state index contributed by atoms with van der Waals surface area (Å²) in [6.07, 6.45) is 1.13. The maximum Gasteiger partial charge on any atom is 0.182 e. The van der Waals surface area contributed by atoms with Gasteiger partial charge in [-0.2, -0.15) is 4.37 Å². The standard InChI is InChI=1S/C9H18N4O2S2/c1-6(5-13(2)3)11-9-7(17(4,14)15)8(10)12-16-9/h6,11H,5H2,1-4H3,(H2,10,12). The lowest BCUT2D eigenvalue weighted by Gasteiger charge is -2.18. The number of nitrogens with zero attached hydrogens (tertiary/aromatic N) is 2. The first kappa shape index (κ1) is 14.2. The Bertz CT molecular complexity index is 481. The number of aromatic nitrogens is 1. The molecule has 0 saturated heterocycles. The molecule has 1 unspecified atom stereocenters. The number of nitrogen functional groups attached to an aromatic ring is 1. The van der Waals surface area contributed by atoms with Crippen LogP contribution in [-0.4, -0.2) is 50.6 Å². The molecule has 6 nitrogen and oxygen atoms in total. The molecule has 1 atom stereocenters. The minimum atomic E-state index is -3.35. The Morgan fingerprint density at radius 1 is 1.53 bits per heavy atom. The lowest BCUT2D eigenvalue weighted by Crippen LogP contribution is -2.29. The zero-order valence-electron chi connectivity index (χ0n) is 10.4. The van der Waals surface area contributed by atoms with E-state index in [1.165, 1.54) is 0 Å². The van der Waals surface area contributed by atoms with Crippen LogP contribution in [0.3, 0.4) is 0 Å². The van der Waals surface area contributed by atoms with Crippen molar-refractivity contribution in [2.75, 3.05) is 37.9 Å². The van der Waals surface area contributed by atoms with Crippen molar-refractivity contribution in [3.63, 3.8) is 0 Å². The Labute approximate surface area is 106 Å². The van der Waals surface area contributed by atoms with Gasteiger partial charge in [-0.15, -0.1) is 0 Å². The molecule has 0 saturated carbocycles. The Balaban J connectivity index is 2.93. The highest BCUT2D eigenvalue weighted by Crippen LogP contribution is 2.31. The van der Waals surface area contributed by atoms with Gasteiger partial charge in [-0.3, -0.25) is 0 Å². The van der Waals surface area contributed by atoms with Gasteiger partial charge in [0.05, 0.1) is 0 Å². The Kier molecular flexibility index (Phi) is 4.34. The molecule has 1 aromatic heterocycles. The van der Waals surface area contributed by atoms with E-state index in [0.717, 1.165) is 24.3 Å². The normalized spacial score (nSPS) is 13.9. The third kappa shape index (κ3) is 3.83. The minimum absolute atomic E-state index is 0.0667. The van der Waals surface area contributed by atoms with E-state index in [2.05, 4.69) is 9.69 Å². The summed E-state index contributed by atoms with van der Waals surface area (Å²) in [4.78, 5) is 2.12. The lowest BCUT2D eigenvalue weighted by atomic mass is 10.3. The van der Waals surface area contributed by atoms with Crippen LogP contribution in [0.15, 0.2) is 4.90 Å². The number of anilines is 2. The third-order valence-electron chi connectivity index (χ3n) is 2.06. The molecular weight excluding hydrogens is 260 g/mol. The van der Waals surface area contributed by atoms with Gasteiger partial charge in [-0.1, -0.05) is 0 Å². The average molecular weight is 278 g/mol. The van der Waals surface area contributed by atoms with Crippen LogP contribution >= 0.6 is 11.5 Å². The maximum absolute atomic E-state index is 11.6. The minimum Gasteiger partial charge on any atom is -0.382 e. The second-order valence-corrected chi connectivity index (χ2v) is 7.03. The van der Waals surface area contributed by atoms with Crippen molar-refractivity contribution in [3.8, 4) is 0 Å². The molecule has 8 heteroatoms. The van der Waals surface area contributed by atoms with Gasteiger partial charge in [0.1, 0.15) is 9.90 Å². The zero-order chi connectivity index (χ0) is 13.2. The highest BCUT2D eigenvalue weighted by Gasteiger charge is 2.22. The van der Waals surface area contributed by atoms with Crippen LogP contribution in [0.5, 0.6) is 0 Å². The Hall–Kier alpha value is -0.860. The summed E-state index contributed by atoms with van der Waals surface area (Å²) in [5.74, 6) is 0.0667. The first-order valence-electron chi connectivity index (χ1n) is 5.08. The van der Waals surface area contributed by atoms with Crippen molar-refractivity contribution < 1.29 is 8.42 Å². The SMILES string of the molecule is CC(CN(C)C)Nc1snc(N)c1S(C)(=O)=O. The van der Waals surface area contributed by atoms with Gasteiger partial charge in [0.2, 0.25) is 0 Å². The quantitative estimate of drug-likeness (QED) is 0.815. The molecule has 0 radical (unpaired) electrons. The second kappa shape index (κ2) is 5.19. The molecule has 1 aromatic rings. The molecular formula is C9H18N4O2S2. The highest BCUT2D eigenvalue weighted by atomic mass is 32.2. The van der Waals surface area contributed by atoms with E-state index >= 15 is 0 Å². The number of hydrogen-bond acceptors (Lipinski definition) is 7. The molecule has 0 spiro atoms. The van der Waals surface area contributed by atoms with Crippen LogP contribution in [0.2, 0.25) is 0 Å². The van der Waals surface area contributed by atoms with Gasteiger partial charge in [-0.05, 0) is 32.6 Å². The summed E-state index contributed by atoms with van der Waals surface area (Å²) in [7, 11) is 0.562. The van der Waals surface area contributed by atoms with Crippen LogP contribution in [0.1, 0.15) is 6.92 Å². The first-order valence-corrected chi connectivity index (χ1v) is 7.74. The summed E-state index contributed by atoms with van der Waals surface area (Å²) < 4.78 is 27.0. The molecule has 3 N–H and O–H groups in total. The van der Waals surface area contributed by atoms with Crippen LogP contribution < -0.4 is 11.1 Å². The van der Waals surface area contributed by atoms with Gasteiger partial charge < -0.3 is 16.0 Å². The number of rotatable bonds is 5. The van der Waals surface area contributed by atoms with E-state index in [9.17, 15) is 8.42 Å². The van der Waals surface area contributed by atoms with Crippen molar-refractivity contribution >= 4 is 32.2 Å². The topological polar surface area (TPSA) is 88.3 Å². The van der Waals surface area contributed by atoms with Crippen molar-refractivity contribution in [2.24, 2.45) is 0 Å². The molecule has 0 fully saturated rings. The lowest BCUT2D eigenvalue weighted by molar-refractivity contribution is 0.392. The van der Waals surface area contributed by atoms with Crippen LogP contribution in [0.25, 0.3) is 0 Å². The highest BCUT2D eigenvalue weighted by molar-refractivity contribution is 7.91. The number of likely N-dealkylation sites (N-methyl/N-ethyl adjacent to an activating group) is 1. The van der Waals surface area contributed by atoms with Crippen molar-refractivity contribution in [2.45, 2.75) is 17.9 Å². The number of hydrogen-bond donors (Lipinski definition) is 2. The average Bonchev–Trinajstić information content (AvgIpc) is 2.43. The fourth-order valence-electron chi connectivity index (χ4n) is 1.56. The molecule has 1 rings (SSSR count). The number of nitrogens with one attached hydrogen (secondary N) is 1. The Morgan fingerprint density at radius 3 is 2.59 bits per heavy atom. The van der Waals surface area contributed by atoms with Gasteiger partial charge >= 0.3 is 0 Å². The molecule has 1 heterocycles. The largest absolute Gasteiger partial charge is 0.382 e. The van der Waals surface area contributed by atoms with Crippen molar-refractivity contribution in [1.29, 1.82) is 0 Å². The molecule has 0 aliphatic carbocycles. The van der Waals surface area contributed by atoms with Gasteiger partial charge in [0.15, 0.2) is 15.7 Å². The van der Waals surface area contributed by atoms with E-state index in [-0.39, 0.29) is 16.8 Å². The fraction of sp³-hybridized carbons (Fsp3) is 0.667. The van der Waals surface area contributed by atoms with Crippen LogP contribution in [0, 0.1) is 0 Å². The predicted molar refractivity (Wildman–Crippen MR) is 71.3 cm³/mol. The summed E-state index contributed by atoms with van der Waals surface area (Å²) in [5, 5.41) is 3.64. The molecule has 17 heavy (non-hydrogen) atoms. The molecule has 0 aliphatic heterocycles. The van der Waals surface area contributed by atoms with Crippen LogP contribution in [0.4, 0.5) is 10.8 Å². The summed E-state index contributed by atoms with van der Waals surface area (Å²) in [6, 6.07) is 0.116. The van der Waals surface area contributed by atoms with Crippen molar-refractivity contribution in [1.82, 2.24) is 9.27 Å². The second-order valence-electron chi connectivity index (χ2n) is 4.31. The molecule has 0 aromatic carbocycles. The predicted octanol–water partition coefficient (Wildman–Crippen LogP) is 0.491. The maximum atomic E-state index is 11.6. The van der Waals surface area contributed by atoms with Crippen LogP contribution in [-0.2, 0) is 9.84 Å². The molecule has 0 bridgehead atoms. The van der Waals surface area contributed by atoms with E-state index in [1.54, 1.807) is 0 Å². The summed E-state index contributed by atoms with van der Waals surface area (Å²) in [6.45, 7) is 2.77. The first-order chi connectivity index (χ1) is 7.71. The third-order valence-corrected chi connectivity index (χ3v) is 4.14. The van der Waals surface area contributed by atoms with E-state index < -0.39 is 9.84 Å². The number of sulfone groups is 1. The Morgan fingerprint density at radius 2 is 2.12 bits per heavy atom. The number of nitrogens with two attached hydrogens (primary N) is 1.